The molecule has 1 aromatic rings. The van der Waals surface area contributed by atoms with Crippen molar-refractivity contribution in [3.05, 3.63) is 65.6 Å². The first-order chi connectivity index (χ1) is 13.5. The summed E-state index contributed by atoms with van der Waals surface area (Å²) >= 11 is 0. The minimum absolute atomic E-state index is 0.0839. The summed E-state index contributed by atoms with van der Waals surface area (Å²) in [5, 5.41) is 3.81. The molecule has 3 rings (SSSR count). The number of rotatable bonds is 5. The molecule has 0 saturated heterocycles. The Kier molecular flexibility index (Phi) is 4.96. The fourth-order valence-electron chi connectivity index (χ4n) is 3.67. The van der Waals surface area contributed by atoms with Gasteiger partial charge < -0.3 is 10.5 Å². The summed E-state index contributed by atoms with van der Waals surface area (Å²) in [4.78, 5) is 22.9. The average Bonchev–Trinajstić information content (AvgIpc) is 3.00. The molecule has 152 valence electrons. The molecule has 0 fully saturated rings. The highest BCUT2D eigenvalue weighted by molar-refractivity contribution is 6.05. The van der Waals surface area contributed by atoms with E-state index in [0.29, 0.717) is 17.7 Å². The van der Waals surface area contributed by atoms with Gasteiger partial charge in [-0.2, -0.15) is 13.2 Å². The molecular weight excluding hydrogens is 387 g/mol. The third-order valence-corrected chi connectivity index (χ3v) is 4.97. The lowest BCUT2D eigenvalue weighted by atomic mass is 9.74. The van der Waals surface area contributed by atoms with E-state index < -0.39 is 33.6 Å². The van der Waals surface area contributed by atoms with Gasteiger partial charge in [-0.15, -0.1) is 4.59 Å². The summed E-state index contributed by atoms with van der Waals surface area (Å²) in [6, 6.07) is 4.64. The predicted molar refractivity (Wildman–Crippen MR) is 102 cm³/mol. The molecule has 1 aromatic carbocycles. The van der Waals surface area contributed by atoms with Gasteiger partial charge in [0.05, 0.1) is 0 Å². The number of alkyl halides is 3. The van der Waals surface area contributed by atoms with Crippen LogP contribution in [-0.2, 0) is 14.9 Å². The zero-order chi connectivity index (χ0) is 21.4. The number of amides is 1. The van der Waals surface area contributed by atoms with Crippen molar-refractivity contribution in [1.29, 1.82) is 0 Å². The number of hydrogen-bond donors (Lipinski definition) is 1. The number of nitrogens with two attached hydrogens (primary N) is 1. The lowest BCUT2D eigenvalue weighted by Gasteiger charge is -2.33. The Hall–Kier alpha value is -3.20. The molecule has 2 N–H and O–H groups in total. The topological polar surface area (TPSA) is 81.8 Å². The van der Waals surface area contributed by atoms with Crippen molar-refractivity contribution in [2.24, 2.45) is 10.8 Å². The van der Waals surface area contributed by atoms with Crippen molar-refractivity contribution < 1.29 is 27.5 Å². The Balaban J connectivity index is 2.29. The summed E-state index contributed by atoms with van der Waals surface area (Å²) in [6.45, 7) is 1.78. The molecule has 2 unspecified atom stereocenters. The van der Waals surface area contributed by atoms with Crippen LogP contribution in [0.3, 0.4) is 0 Å². The zero-order valence-electron chi connectivity index (χ0n) is 15.7. The molecule has 0 aromatic heterocycles. The zero-order valence-corrected chi connectivity index (χ0v) is 15.7. The van der Waals surface area contributed by atoms with Gasteiger partial charge in [-0.1, -0.05) is 42.4 Å². The Morgan fingerprint density at radius 2 is 2.07 bits per heavy atom. The van der Waals surface area contributed by atoms with Gasteiger partial charge in [0.25, 0.3) is 6.47 Å². The van der Waals surface area contributed by atoms with Gasteiger partial charge >= 0.3 is 6.18 Å². The van der Waals surface area contributed by atoms with E-state index in [9.17, 15) is 22.8 Å². The van der Waals surface area contributed by atoms with Crippen LogP contribution in [0, 0.1) is 0 Å². The second-order valence-corrected chi connectivity index (χ2v) is 7.15. The first kappa shape index (κ1) is 20.5. The van der Waals surface area contributed by atoms with Gasteiger partial charge in [0, 0.05) is 22.6 Å². The number of carbonyl (C=O) groups excluding carboxylic acids is 2. The number of allylic oxidation sites excluding steroid dienone is 5. The summed E-state index contributed by atoms with van der Waals surface area (Å²) < 4.78 is 44.2. The fourth-order valence-corrected chi connectivity index (χ4v) is 3.67. The Morgan fingerprint density at radius 1 is 1.34 bits per heavy atom. The number of nitrogens with zero attached hydrogens (tertiary/aromatic N) is 2. The molecular formula is C20H19F3N3O3+. The fraction of sp³-hybridized carbons (Fsp3) is 0.250. The maximum absolute atomic E-state index is 13.5. The number of hydrogen-bond acceptors (Lipinski definition) is 4. The van der Waals surface area contributed by atoms with Crippen molar-refractivity contribution in [2.45, 2.75) is 24.9 Å². The quantitative estimate of drug-likeness (QED) is 0.601. The molecule has 0 radical (unpaired) electrons. The van der Waals surface area contributed by atoms with Crippen molar-refractivity contribution in [1.82, 2.24) is 4.59 Å². The van der Waals surface area contributed by atoms with E-state index in [2.05, 4.69) is 9.84 Å². The Morgan fingerprint density at radius 3 is 2.62 bits per heavy atom. The highest BCUT2D eigenvalue weighted by Crippen LogP contribution is 2.44. The highest BCUT2D eigenvalue weighted by atomic mass is 19.4. The molecule has 0 saturated carbocycles. The van der Waals surface area contributed by atoms with Crippen LogP contribution in [0.4, 0.5) is 18.9 Å². The van der Waals surface area contributed by atoms with Crippen LogP contribution in [0.25, 0.3) is 0 Å². The van der Waals surface area contributed by atoms with E-state index in [0.717, 1.165) is 6.20 Å². The van der Waals surface area contributed by atoms with Gasteiger partial charge in [0.15, 0.2) is 11.9 Å². The van der Waals surface area contributed by atoms with E-state index in [4.69, 9.17) is 5.73 Å². The summed E-state index contributed by atoms with van der Waals surface area (Å²) in [7, 11) is 1.41. The third kappa shape index (κ3) is 3.61. The standard InChI is InChI=1S/C20H18F3N3O3/c1-19(9-4-3-5-10-19)16-13(18(24)28)7-6-8-14(16)26(2)11-15(29-12-27)17(25-26)20(21,22)23/h3-9,11-12H,10H2,1-2H3,(H-,24,28)/p+1. The van der Waals surface area contributed by atoms with Crippen LogP contribution in [0.5, 0.6) is 0 Å². The van der Waals surface area contributed by atoms with Crippen LogP contribution in [-0.4, -0.2) is 31.3 Å². The Bertz CT molecular complexity index is 994. The third-order valence-electron chi connectivity index (χ3n) is 4.97. The first-order valence-corrected chi connectivity index (χ1v) is 8.67. The summed E-state index contributed by atoms with van der Waals surface area (Å²) in [6.07, 6.45) is 4.16. The lowest BCUT2D eigenvalue weighted by molar-refractivity contribution is -0.124. The van der Waals surface area contributed by atoms with E-state index in [1.165, 1.54) is 19.2 Å². The maximum atomic E-state index is 13.5. The van der Waals surface area contributed by atoms with E-state index >= 15 is 0 Å². The normalized spacial score (nSPS) is 26.1. The largest absolute Gasteiger partial charge is 0.442 e. The summed E-state index contributed by atoms with van der Waals surface area (Å²) in [5.41, 5.74) is 4.52. The number of carbonyl (C=O) groups is 2. The maximum Gasteiger partial charge on any atom is 0.442 e. The molecule has 0 spiro atoms. The number of halogens is 3. The summed E-state index contributed by atoms with van der Waals surface area (Å²) in [5.74, 6) is -1.40. The van der Waals surface area contributed by atoms with Crippen LogP contribution < -0.4 is 10.3 Å². The Labute approximate surface area is 165 Å². The molecule has 1 aliphatic heterocycles. The molecule has 29 heavy (non-hydrogen) atoms. The predicted octanol–water partition coefficient (Wildman–Crippen LogP) is 3.44. The number of primary amides is 1. The minimum Gasteiger partial charge on any atom is -0.420 e. The van der Waals surface area contributed by atoms with Crippen molar-refractivity contribution in [2.75, 3.05) is 7.05 Å². The monoisotopic (exact) mass is 406 g/mol. The number of benzene rings is 1. The van der Waals surface area contributed by atoms with Crippen LogP contribution in [0.1, 0.15) is 29.3 Å². The van der Waals surface area contributed by atoms with E-state index in [-0.39, 0.29) is 12.0 Å². The second kappa shape index (κ2) is 7.00. The smallest absolute Gasteiger partial charge is 0.420 e. The van der Waals surface area contributed by atoms with Crippen molar-refractivity contribution in [3.63, 3.8) is 0 Å². The van der Waals surface area contributed by atoms with Gasteiger partial charge in [-0.25, -0.2) is 0 Å². The van der Waals surface area contributed by atoms with Crippen molar-refractivity contribution >= 4 is 23.8 Å². The SMILES string of the molecule is CC1(c2c(C(N)=O)cccc2[N+]2(C)C=C(OC=O)C(C(F)(F)F)=N2)C=CC=CC1. The second-order valence-electron chi connectivity index (χ2n) is 7.15. The molecule has 2 aliphatic rings. The lowest BCUT2D eigenvalue weighted by Crippen LogP contribution is -2.37. The van der Waals surface area contributed by atoms with Crippen LogP contribution in [0.2, 0.25) is 0 Å². The van der Waals surface area contributed by atoms with Crippen LogP contribution in [0.15, 0.2) is 59.6 Å². The minimum atomic E-state index is -4.83. The molecule has 9 heteroatoms. The average molecular weight is 406 g/mol. The molecule has 2 atom stereocenters. The first-order valence-electron chi connectivity index (χ1n) is 8.67. The molecule has 1 aliphatic carbocycles. The van der Waals surface area contributed by atoms with Gasteiger partial charge in [0.1, 0.15) is 7.05 Å². The number of ether oxygens (including phenoxy) is 1. The molecule has 0 bridgehead atoms. The highest BCUT2D eigenvalue weighted by Gasteiger charge is 2.50. The van der Waals surface area contributed by atoms with Gasteiger partial charge in [0.2, 0.25) is 17.4 Å². The molecule has 6 nitrogen and oxygen atoms in total. The van der Waals surface area contributed by atoms with E-state index in [1.807, 2.05) is 25.2 Å². The van der Waals surface area contributed by atoms with Gasteiger partial charge in [-0.3, -0.25) is 9.59 Å². The van der Waals surface area contributed by atoms with E-state index in [1.54, 1.807) is 12.1 Å². The van der Waals surface area contributed by atoms with Gasteiger partial charge in [-0.05, 0) is 12.5 Å². The molecule has 1 heterocycles. The van der Waals surface area contributed by atoms with Crippen LogP contribution >= 0.6 is 0 Å². The number of quaternary nitrogens is 1. The van der Waals surface area contributed by atoms with Crippen molar-refractivity contribution in [3.8, 4) is 0 Å². The molecule has 1 amide bonds.